The van der Waals surface area contributed by atoms with Crippen molar-refractivity contribution in [3.8, 4) is 17.2 Å². The van der Waals surface area contributed by atoms with Crippen molar-refractivity contribution in [2.75, 3.05) is 27.9 Å². The van der Waals surface area contributed by atoms with Crippen molar-refractivity contribution in [3.05, 3.63) is 47.8 Å². The molecule has 2 aromatic carbocycles. The van der Waals surface area contributed by atoms with Crippen LogP contribution in [0.4, 0.5) is 0 Å². The van der Waals surface area contributed by atoms with Crippen molar-refractivity contribution in [1.29, 1.82) is 0 Å². The SMILES string of the molecule is COc1cc(OC)c(C(=O)N2CCCC2c2nc3ccccc3[nH]2)cc1OC. The monoisotopic (exact) mass is 381 g/mol. The normalized spacial score (nSPS) is 16.4. The molecular formula is C21H23N3O4. The van der Waals surface area contributed by atoms with Gasteiger partial charge in [-0.05, 0) is 25.0 Å². The van der Waals surface area contributed by atoms with Crippen molar-refractivity contribution >= 4 is 16.9 Å². The number of aromatic nitrogens is 2. The molecule has 7 nitrogen and oxygen atoms in total. The number of benzene rings is 2. The second kappa shape index (κ2) is 7.42. The van der Waals surface area contributed by atoms with E-state index in [-0.39, 0.29) is 11.9 Å². The summed E-state index contributed by atoms with van der Waals surface area (Å²) in [6.45, 7) is 0.665. The molecule has 1 unspecified atom stereocenters. The molecule has 7 heteroatoms. The predicted octanol–water partition coefficient (Wildman–Crippen LogP) is 3.57. The minimum atomic E-state index is -0.110. The number of carbonyl (C=O) groups excluding carboxylic acids is 1. The lowest BCUT2D eigenvalue weighted by atomic mass is 10.1. The van der Waals surface area contributed by atoms with E-state index in [1.54, 1.807) is 33.5 Å². The molecule has 28 heavy (non-hydrogen) atoms. The molecule has 1 aromatic heterocycles. The first-order valence-corrected chi connectivity index (χ1v) is 9.22. The lowest BCUT2D eigenvalue weighted by Crippen LogP contribution is -2.31. The zero-order valence-corrected chi connectivity index (χ0v) is 16.2. The van der Waals surface area contributed by atoms with Gasteiger partial charge in [0.2, 0.25) is 0 Å². The molecule has 1 saturated heterocycles. The minimum Gasteiger partial charge on any atom is -0.496 e. The van der Waals surface area contributed by atoms with Crippen LogP contribution in [0.1, 0.15) is 35.1 Å². The number of hydrogen-bond donors (Lipinski definition) is 1. The first-order valence-electron chi connectivity index (χ1n) is 9.22. The molecule has 1 amide bonds. The molecule has 1 atom stereocenters. The summed E-state index contributed by atoms with van der Waals surface area (Å²) in [6, 6.07) is 11.1. The second-order valence-corrected chi connectivity index (χ2v) is 6.70. The van der Waals surface area contributed by atoms with E-state index in [4.69, 9.17) is 19.2 Å². The highest BCUT2D eigenvalue weighted by atomic mass is 16.5. The number of nitrogens with one attached hydrogen (secondary N) is 1. The van der Waals surface area contributed by atoms with Crippen LogP contribution in [0.15, 0.2) is 36.4 Å². The van der Waals surface area contributed by atoms with Crippen molar-refractivity contribution in [2.45, 2.75) is 18.9 Å². The number of carbonyl (C=O) groups is 1. The second-order valence-electron chi connectivity index (χ2n) is 6.70. The van der Waals surface area contributed by atoms with Crippen molar-refractivity contribution in [2.24, 2.45) is 0 Å². The maximum atomic E-state index is 13.4. The first kappa shape index (κ1) is 18.2. The number of fused-ring (bicyclic) bond motifs is 1. The van der Waals surface area contributed by atoms with Gasteiger partial charge in [0.15, 0.2) is 11.5 Å². The van der Waals surface area contributed by atoms with Gasteiger partial charge in [0, 0.05) is 18.7 Å². The van der Waals surface area contributed by atoms with Crippen LogP contribution >= 0.6 is 0 Å². The van der Waals surface area contributed by atoms with E-state index in [1.807, 2.05) is 29.2 Å². The Bertz CT molecular complexity index is 981. The molecule has 3 aromatic rings. The predicted molar refractivity (Wildman–Crippen MR) is 105 cm³/mol. The van der Waals surface area contributed by atoms with Crippen LogP contribution in [0.3, 0.4) is 0 Å². The van der Waals surface area contributed by atoms with E-state index in [0.717, 1.165) is 29.7 Å². The van der Waals surface area contributed by atoms with Gasteiger partial charge in [0.1, 0.15) is 11.6 Å². The minimum absolute atomic E-state index is 0.0993. The van der Waals surface area contributed by atoms with E-state index in [9.17, 15) is 4.79 Å². The fourth-order valence-corrected chi connectivity index (χ4v) is 3.78. The lowest BCUT2D eigenvalue weighted by molar-refractivity contribution is 0.0726. The summed E-state index contributed by atoms with van der Waals surface area (Å²) in [5.41, 5.74) is 2.32. The molecule has 1 aliphatic heterocycles. The molecule has 1 N–H and O–H groups in total. The van der Waals surface area contributed by atoms with Gasteiger partial charge in [-0.15, -0.1) is 0 Å². The molecule has 1 fully saturated rings. The van der Waals surface area contributed by atoms with Gasteiger partial charge >= 0.3 is 0 Å². The molecule has 146 valence electrons. The van der Waals surface area contributed by atoms with Crippen molar-refractivity contribution in [3.63, 3.8) is 0 Å². The van der Waals surface area contributed by atoms with Crippen LogP contribution in [0.2, 0.25) is 0 Å². The molecule has 0 spiro atoms. The largest absolute Gasteiger partial charge is 0.496 e. The Morgan fingerprint density at radius 2 is 1.79 bits per heavy atom. The standard InChI is InChI=1S/C21H23N3O4/c1-26-17-12-19(28-3)18(27-2)11-13(17)21(25)24-10-6-9-16(24)20-22-14-7-4-5-8-15(14)23-20/h4-5,7-8,11-12,16H,6,9-10H2,1-3H3,(H,22,23). The third kappa shape index (κ3) is 3.02. The van der Waals surface area contributed by atoms with Gasteiger partial charge in [0.05, 0.1) is 44.0 Å². The summed E-state index contributed by atoms with van der Waals surface area (Å²) in [5.74, 6) is 2.17. The molecule has 1 aliphatic rings. The maximum Gasteiger partial charge on any atom is 0.258 e. The Kier molecular flexibility index (Phi) is 4.81. The van der Waals surface area contributed by atoms with Crippen molar-refractivity contribution < 1.29 is 19.0 Å². The summed E-state index contributed by atoms with van der Waals surface area (Å²) in [4.78, 5) is 23.3. The number of ether oxygens (including phenoxy) is 3. The number of hydrogen-bond acceptors (Lipinski definition) is 5. The Labute approximate surface area is 163 Å². The third-order valence-corrected chi connectivity index (χ3v) is 5.17. The van der Waals surface area contributed by atoms with Crippen LogP contribution in [-0.4, -0.2) is 48.6 Å². The first-order chi connectivity index (χ1) is 13.7. The number of imidazole rings is 1. The summed E-state index contributed by atoms with van der Waals surface area (Å²) in [7, 11) is 4.64. The highest BCUT2D eigenvalue weighted by Crippen LogP contribution is 2.38. The number of nitrogens with zero attached hydrogens (tertiary/aromatic N) is 2. The third-order valence-electron chi connectivity index (χ3n) is 5.17. The van der Waals surface area contributed by atoms with Crippen LogP contribution in [0.5, 0.6) is 17.2 Å². The van der Waals surface area contributed by atoms with E-state index < -0.39 is 0 Å². The van der Waals surface area contributed by atoms with Gasteiger partial charge in [-0.25, -0.2) is 4.98 Å². The number of aromatic amines is 1. The van der Waals surface area contributed by atoms with E-state index in [2.05, 4.69) is 4.98 Å². The Morgan fingerprint density at radius 3 is 2.50 bits per heavy atom. The number of amides is 1. The molecule has 0 saturated carbocycles. The summed E-state index contributed by atoms with van der Waals surface area (Å²) in [6.07, 6.45) is 1.78. The number of para-hydroxylation sites is 2. The average molecular weight is 381 g/mol. The number of methoxy groups -OCH3 is 3. The van der Waals surface area contributed by atoms with Crippen LogP contribution in [0, 0.1) is 0 Å². The Balaban J connectivity index is 1.70. The number of H-pyrrole nitrogens is 1. The summed E-state index contributed by atoms with van der Waals surface area (Å²) < 4.78 is 16.1. The summed E-state index contributed by atoms with van der Waals surface area (Å²) >= 11 is 0. The molecule has 0 radical (unpaired) electrons. The molecule has 0 aliphatic carbocycles. The van der Waals surface area contributed by atoms with Gasteiger partial charge < -0.3 is 24.1 Å². The average Bonchev–Trinajstić information content (AvgIpc) is 3.38. The van der Waals surface area contributed by atoms with Gasteiger partial charge in [-0.1, -0.05) is 12.1 Å². The Morgan fingerprint density at radius 1 is 1.07 bits per heavy atom. The van der Waals surface area contributed by atoms with Crippen LogP contribution < -0.4 is 14.2 Å². The van der Waals surface area contributed by atoms with Gasteiger partial charge in [0.25, 0.3) is 5.91 Å². The van der Waals surface area contributed by atoms with Crippen LogP contribution in [-0.2, 0) is 0 Å². The zero-order chi connectivity index (χ0) is 19.7. The molecule has 2 heterocycles. The highest BCUT2D eigenvalue weighted by molar-refractivity contribution is 5.98. The lowest BCUT2D eigenvalue weighted by Gasteiger charge is -2.24. The topological polar surface area (TPSA) is 76.7 Å². The maximum absolute atomic E-state index is 13.4. The molecular weight excluding hydrogens is 358 g/mol. The fourth-order valence-electron chi connectivity index (χ4n) is 3.78. The van der Waals surface area contributed by atoms with E-state index in [0.29, 0.717) is 29.4 Å². The van der Waals surface area contributed by atoms with E-state index >= 15 is 0 Å². The fraction of sp³-hybridized carbons (Fsp3) is 0.333. The highest BCUT2D eigenvalue weighted by Gasteiger charge is 2.34. The van der Waals surface area contributed by atoms with Crippen molar-refractivity contribution in [1.82, 2.24) is 14.9 Å². The van der Waals surface area contributed by atoms with Crippen LogP contribution in [0.25, 0.3) is 11.0 Å². The zero-order valence-electron chi connectivity index (χ0n) is 16.2. The number of likely N-dealkylation sites (tertiary alicyclic amines) is 1. The Hall–Kier alpha value is -3.22. The molecule has 4 rings (SSSR count). The number of rotatable bonds is 5. The molecule has 0 bridgehead atoms. The quantitative estimate of drug-likeness (QED) is 0.731. The summed E-state index contributed by atoms with van der Waals surface area (Å²) in [5, 5.41) is 0. The smallest absolute Gasteiger partial charge is 0.258 e. The van der Waals surface area contributed by atoms with Gasteiger partial charge in [-0.3, -0.25) is 4.79 Å². The van der Waals surface area contributed by atoms with E-state index in [1.165, 1.54) is 0 Å². The van der Waals surface area contributed by atoms with Gasteiger partial charge in [-0.2, -0.15) is 0 Å².